The molecule has 4 atom stereocenters. The Balaban J connectivity index is 2.16. The molecule has 2 rings (SSSR count). The lowest BCUT2D eigenvalue weighted by Crippen LogP contribution is -2.38. The number of rotatable bonds is 2. The Labute approximate surface area is 85.6 Å². The highest BCUT2D eigenvalue weighted by Crippen LogP contribution is 2.50. The number of aliphatic hydroxyl groups is 2. The maximum absolute atomic E-state index is 10.3. The van der Waals surface area contributed by atoms with Crippen molar-refractivity contribution in [2.75, 3.05) is 6.61 Å². The normalized spacial score (nSPS) is 47.4. The van der Waals surface area contributed by atoms with Crippen LogP contribution in [0.4, 0.5) is 0 Å². The van der Waals surface area contributed by atoms with Gasteiger partial charge in [-0.1, -0.05) is 12.5 Å². The van der Waals surface area contributed by atoms with Crippen LogP contribution in [0.15, 0.2) is 12.7 Å². The summed E-state index contributed by atoms with van der Waals surface area (Å²) in [4.78, 5) is 0. The minimum Gasteiger partial charge on any atom is -0.396 e. The van der Waals surface area contributed by atoms with Gasteiger partial charge >= 0.3 is 0 Å². The van der Waals surface area contributed by atoms with Gasteiger partial charge in [-0.2, -0.15) is 0 Å². The summed E-state index contributed by atoms with van der Waals surface area (Å²) in [6, 6.07) is 0. The molecule has 0 aliphatic heterocycles. The fraction of sp³-hybridized carbons (Fsp3) is 0.833. The lowest BCUT2D eigenvalue weighted by atomic mass is 9.70. The largest absolute Gasteiger partial charge is 0.396 e. The predicted molar refractivity (Wildman–Crippen MR) is 55.8 cm³/mol. The van der Waals surface area contributed by atoms with Crippen molar-refractivity contribution in [2.24, 2.45) is 17.8 Å². The molecule has 2 N–H and O–H groups in total. The van der Waals surface area contributed by atoms with Crippen LogP contribution in [0.5, 0.6) is 0 Å². The maximum atomic E-state index is 10.3. The van der Waals surface area contributed by atoms with E-state index in [-0.39, 0.29) is 6.61 Å². The summed E-state index contributed by atoms with van der Waals surface area (Å²) in [6.07, 6.45) is 6.98. The van der Waals surface area contributed by atoms with Gasteiger partial charge in [0.05, 0.1) is 5.60 Å². The van der Waals surface area contributed by atoms with E-state index in [1.807, 2.05) is 0 Å². The number of fused-ring (bicyclic) bond motifs is 1. The van der Waals surface area contributed by atoms with Crippen LogP contribution < -0.4 is 0 Å². The summed E-state index contributed by atoms with van der Waals surface area (Å²) in [6.45, 7) is 4.03. The van der Waals surface area contributed by atoms with Gasteiger partial charge < -0.3 is 10.2 Å². The Kier molecular flexibility index (Phi) is 2.67. The standard InChI is InChI=1S/C12H20O2/c1-2-12(14)7-6-10-9(8-13)4-3-5-11(10)12/h2,9-11,13-14H,1,3-8H2/t9-,10-,11-,12+/m0/s1. The Morgan fingerprint density at radius 2 is 2.14 bits per heavy atom. The van der Waals surface area contributed by atoms with E-state index in [1.165, 1.54) is 0 Å². The van der Waals surface area contributed by atoms with Crippen LogP contribution in [-0.4, -0.2) is 22.4 Å². The summed E-state index contributed by atoms with van der Waals surface area (Å²) < 4.78 is 0. The van der Waals surface area contributed by atoms with E-state index < -0.39 is 5.60 Å². The fourth-order valence-corrected chi connectivity index (χ4v) is 3.48. The van der Waals surface area contributed by atoms with Gasteiger partial charge in [0.15, 0.2) is 0 Å². The summed E-state index contributed by atoms with van der Waals surface area (Å²) in [5, 5.41) is 19.6. The minimum atomic E-state index is -0.640. The van der Waals surface area contributed by atoms with E-state index in [0.717, 1.165) is 32.1 Å². The van der Waals surface area contributed by atoms with E-state index in [2.05, 4.69) is 6.58 Å². The van der Waals surface area contributed by atoms with Gasteiger partial charge in [-0.25, -0.2) is 0 Å². The van der Waals surface area contributed by atoms with Gasteiger partial charge in [0, 0.05) is 6.61 Å². The van der Waals surface area contributed by atoms with Crippen LogP contribution in [0.25, 0.3) is 0 Å². The fourth-order valence-electron chi connectivity index (χ4n) is 3.48. The molecule has 2 aliphatic carbocycles. The highest BCUT2D eigenvalue weighted by atomic mass is 16.3. The zero-order valence-corrected chi connectivity index (χ0v) is 8.65. The molecular formula is C12H20O2. The lowest BCUT2D eigenvalue weighted by molar-refractivity contribution is 0.00150. The average Bonchev–Trinajstić information content (AvgIpc) is 2.58. The first-order valence-corrected chi connectivity index (χ1v) is 5.68. The van der Waals surface area contributed by atoms with E-state index in [0.29, 0.717) is 17.8 Å². The predicted octanol–water partition coefficient (Wildman–Crippen LogP) is 1.72. The molecule has 2 heteroatoms. The molecule has 0 spiro atoms. The molecule has 14 heavy (non-hydrogen) atoms. The molecule has 2 saturated carbocycles. The van der Waals surface area contributed by atoms with Crippen molar-refractivity contribution in [3.63, 3.8) is 0 Å². The number of hydrogen-bond acceptors (Lipinski definition) is 2. The summed E-state index contributed by atoms with van der Waals surface area (Å²) in [7, 11) is 0. The summed E-state index contributed by atoms with van der Waals surface area (Å²) in [5.74, 6) is 1.30. The Morgan fingerprint density at radius 3 is 2.79 bits per heavy atom. The van der Waals surface area contributed by atoms with E-state index in [9.17, 15) is 10.2 Å². The van der Waals surface area contributed by atoms with Crippen LogP contribution in [0.1, 0.15) is 32.1 Å². The van der Waals surface area contributed by atoms with Crippen molar-refractivity contribution in [1.29, 1.82) is 0 Å². The molecule has 2 fully saturated rings. The summed E-state index contributed by atoms with van der Waals surface area (Å²) >= 11 is 0. The second kappa shape index (κ2) is 3.67. The van der Waals surface area contributed by atoms with E-state index >= 15 is 0 Å². The molecule has 0 bridgehead atoms. The molecule has 0 saturated heterocycles. The average molecular weight is 196 g/mol. The molecule has 80 valence electrons. The second-order valence-corrected chi connectivity index (χ2v) is 4.88. The molecule has 0 aromatic rings. The van der Waals surface area contributed by atoms with Gasteiger partial charge in [-0.05, 0) is 43.4 Å². The quantitative estimate of drug-likeness (QED) is 0.660. The van der Waals surface area contributed by atoms with Crippen LogP contribution in [0.3, 0.4) is 0 Å². The molecule has 0 heterocycles. The number of aliphatic hydroxyl groups excluding tert-OH is 1. The maximum Gasteiger partial charge on any atom is 0.0855 e. The first-order chi connectivity index (χ1) is 6.71. The zero-order chi connectivity index (χ0) is 10.2. The third-order valence-electron chi connectivity index (χ3n) is 4.32. The molecular weight excluding hydrogens is 176 g/mol. The zero-order valence-electron chi connectivity index (χ0n) is 8.65. The third kappa shape index (κ3) is 1.41. The Morgan fingerprint density at radius 1 is 1.36 bits per heavy atom. The highest BCUT2D eigenvalue weighted by molar-refractivity contribution is 5.09. The van der Waals surface area contributed by atoms with Gasteiger partial charge in [-0.15, -0.1) is 6.58 Å². The van der Waals surface area contributed by atoms with Crippen LogP contribution in [0, 0.1) is 17.8 Å². The number of hydrogen-bond donors (Lipinski definition) is 2. The van der Waals surface area contributed by atoms with E-state index in [4.69, 9.17) is 0 Å². The molecule has 0 amide bonds. The molecule has 0 unspecified atom stereocenters. The molecule has 0 aromatic carbocycles. The first kappa shape index (κ1) is 10.2. The smallest absolute Gasteiger partial charge is 0.0855 e. The van der Waals surface area contributed by atoms with Gasteiger partial charge in [0.2, 0.25) is 0 Å². The van der Waals surface area contributed by atoms with Crippen molar-refractivity contribution < 1.29 is 10.2 Å². The molecule has 0 aromatic heterocycles. The van der Waals surface area contributed by atoms with Crippen molar-refractivity contribution in [2.45, 2.75) is 37.7 Å². The molecule has 2 nitrogen and oxygen atoms in total. The monoisotopic (exact) mass is 196 g/mol. The van der Waals surface area contributed by atoms with Gasteiger partial charge in [0.25, 0.3) is 0 Å². The van der Waals surface area contributed by atoms with Crippen LogP contribution in [-0.2, 0) is 0 Å². The highest BCUT2D eigenvalue weighted by Gasteiger charge is 2.48. The van der Waals surface area contributed by atoms with Crippen molar-refractivity contribution in [1.82, 2.24) is 0 Å². The lowest BCUT2D eigenvalue weighted by Gasteiger charge is -2.37. The van der Waals surface area contributed by atoms with Crippen molar-refractivity contribution >= 4 is 0 Å². The Bertz CT molecular complexity index is 226. The minimum absolute atomic E-state index is 0.286. The Hall–Kier alpha value is -0.340. The van der Waals surface area contributed by atoms with Gasteiger partial charge in [0.1, 0.15) is 0 Å². The van der Waals surface area contributed by atoms with Crippen LogP contribution >= 0.6 is 0 Å². The third-order valence-corrected chi connectivity index (χ3v) is 4.32. The summed E-state index contributed by atoms with van der Waals surface area (Å²) in [5.41, 5.74) is -0.640. The van der Waals surface area contributed by atoms with E-state index in [1.54, 1.807) is 6.08 Å². The topological polar surface area (TPSA) is 40.5 Å². The van der Waals surface area contributed by atoms with Crippen LogP contribution in [0.2, 0.25) is 0 Å². The first-order valence-electron chi connectivity index (χ1n) is 5.68. The molecule has 0 radical (unpaired) electrons. The second-order valence-electron chi connectivity index (χ2n) is 4.88. The molecule has 2 aliphatic rings. The van der Waals surface area contributed by atoms with Gasteiger partial charge in [-0.3, -0.25) is 0 Å². The van der Waals surface area contributed by atoms with Crippen molar-refractivity contribution in [3.05, 3.63) is 12.7 Å². The SMILES string of the molecule is C=C[C@@]1(O)CC[C@H]2[C@H](CO)CCC[C@@H]21. The van der Waals surface area contributed by atoms with Crippen molar-refractivity contribution in [3.8, 4) is 0 Å².